The van der Waals surface area contributed by atoms with Gasteiger partial charge in [-0.25, -0.2) is 0 Å². The first-order valence-electron chi connectivity index (χ1n) is 20.3. The van der Waals surface area contributed by atoms with Crippen LogP contribution in [-0.2, 0) is 6.18 Å². The molecule has 0 saturated heterocycles. The molecule has 0 N–H and O–H groups in total. The summed E-state index contributed by atoms with van der Waals surface area (Å²) < 4.78 is 47.5. The van der Waals surface area contributed by atoms with Crippen LogP contribution in [0.2, 0.25) is 0 Å². The van der Waals surface area contributed by atoms with Gasteiger partial charge in [-0.05, 0) is 139 Å². The maximum atomic E-state index is 14.5. The summed E-state index contributed by atoms with van der Waals surface area (Å²) in [7, 11) is 0. The lowest BCUT2D eigenvalue weighted by Crippen LogP contribution is -2.07. The second-order valence-electron chi connectivity index (χ2n) is 16.2. The molecule has 2 aromatic heterocycles. The largest absolute Gasteiger partial charge is 0.416 e. The summed E-state index contributed by atoms with van der Waals surface area (Å²) in [6.07, 6.45) is -4.69. The molecule has 10 rings (SSSR count). The summed E-state index contributed by atoms with van der Waals surface area (Å²) in [5, 5.41) is 25.2. The van der Waals surface area contributed by atoms with Gasteiger partial charge in [-0.15, -0.1) is 0 Å². The zero-order valence-electron chi connectivity index (χ0n) is 34.4. The third-order valence-electron chi connectivity index (χ3n) is 12.1. The van der Waals surface area contributed by atoms with Crippen LogP contribution in [0.25, 0.3) is 88.4 Å². The Morgan fingerprint density at radius 2 is 0.903 bits per heavy atom. The van der Waals surface area contributed by atoms with Crippen molar-refractivity contribution in [1.82, 2.24) is 9.13 Å². The number of para-hydroxylation sites is 2. The van der Waals surface area contributed by atoms with Gasteiger partial charge in [-0.3, -0.25) is 0 Å². The van der Waals surface area contributed by atoms with Gasteiger partial charge in [0, 0.05) is 21.5 Å². The first kappa shape index (κ1) is 38.3. The van der Waals surface area contributed by atoms with Crippen molar-refractivity contribution in [3.63, 3.8) is 0 Å². The fraction of sp³-hybridized carbons (Fsp3) is 0.0909. The standard InChI is InChI=1S/C55H37F3N4/c1-32-13-17-42(34(3)21-32)37-15-19-51-46(26-37)44-9-5-7-11-49(44)61(51)53-28-40(39-23-36(30-59)24-41(25-39)55(56,57)58)29-54(48(53)31-60)62-50-12-8-6-10-45(50)47-27-38(16-20-52(47)62)43-18-14-33(2)22-35(43)4/h5-29H,1-4H3. The summed E-state index contributed by atoms with van der Waals surface area (Å²) in [6, 6.07) is 53.0. The van der Waals surface area contributed by atoms with E-state index in [0.717, 1.165) is 89.1 Å². The minimum Gasteiger partial charge on any atom is -0.308 e. The van der Waals surface area contributed by atoms with Crippen molar-refractivity contribution in [2.45, 2.75) is 33.9 Å². The molecule has 0 unspecified atom stereocenters. The summed E-state index contributed by atoms with van der Waals surface area (Å²) in [4.78, 5) is 0. The number of fused-ring (bicyclic) bond motifs is 6. The number of aryl methyl sites for hydroxylation is 4. The van der Waals surface area contributed by atoms with Crippen molar-refractivity contribution in [2.75, 3.05) is 0 Å². The van der Waals surface area contributed by atoms with Gasteiger partial charge in [-0.2, -0.15) is 23.7 Å². The molecule has 0 aliphatic rings. The molecule has 0 aliphatic carbocycles. The van der Waals surface area contributed by atoms with Gasteiger partial charge in [0.05, 0.1) is 50.6 Å². The Kier molecular flexibility index (Phi) is 8.91. The van der Waals surface area contributed by atoms with Crippen LogP contribution in [0, 0.1) is 50.4 Å². The molecule has 2 heterocycles. The van der Waals surface area contributed by atoms with Crippen molar-refractivity contribution in [3.8, 4) is 56.9 Å². The lowest BCUT2D eigenvalue weighted by Gasteiger charge is -2.19. The lowest BCUT2D eigenvalue weighted by molar-refractivity contribution is -0.137. The van der Waals surface area contributed by atoms with Crippen LogP contribution in [-0.4, -0.2) is 9.13 Å². The Labute approximate surface area is 356 Å². The Morgan fingerprint density at radius 3 is 1.35 bits per heavy atom. The van der Waals surface area contributed by atoms with E-state index in [-0.39, 0.29) is 11.1 Å². The van der Waals surface area contributed by atoms with Crippen LogP contribution in [0.3, 0.4) is 0 Å². The molecule has 7 heteroatoms. The minimum absolute atomic E-state index is 0.117. The Hall–Kier alpha value is -7.87. The first-order valence-corrected chi connectivity index (χ1v) is 20.3. The number of hydrogen-bond donors (Lipinski definition) is 0. The van der Waals surface area contributed by atoms with Crippen LogP contribution in [0.15, 0.2) is 152 Å². The summed E-state index contributed by atoms with van der Waals surface area (Å²) in [5.74, 6) is 0. The van der Waals surface area contributed by atoms with Crippen molar-refractivity contribution in [3.05, 3.63) is 191 Å². The van der Waals surface area contributed by atoms with E-state index in [4.69, 9.17) is 0 Å². The van der Waals surface area contributed by atoms with E-state index >= 15 is 0 Å². The molecule has 0 saturated carbocycles. The van der Waals surface area contributed by atoms with Gasteiger partial charge in [0.1, 0.15) is 11.6 Å². The molecule has 0 bridgehead atoms. The molecule has 298 valence electrons. The lowest BCUT2D eigenvalue weighted by atomic mass is 9.96. The molecule has 8 aromatic carbocycles. The highest BCUT2D eigenvalue weighted by Gasteiger charge is 2.32. The maximum absolute atomic E-state index is 14.5. The van der Waals surface area contributed by atoms with E-state index in [0.29, 0.717) is 22.5 Å². The van der Waals surface area contributed by atoms with Crippen LogP contribution in [0.1, 0.15) is 38.9 Å². The van der Waals surface area contributed by atoms with Crippen LogP contribution in [0.4, 0.5) is 13.2 Å². The fourth-order valence-corrected chi connectivity index (χ4v) is 9.34. The number of alkyl halides is 3. The Bertz CT molecular complexity index is 3400. The molecule has 0 aliphatic heterocycles. The molecular weight excluding hydrogens is 774 g/mol. The fourth-order valence-electron chi connectivity index (χ4n) is 9.34. The highest BCUT2D eigenvalue weighted by atomic mass is 19.4. The number of nitrogens with zero attached hydrogens (tertiary/aromatic N) is 4. The number of nitriles is 2. The van der Waals surface area contributed by atoms with Crippen molar-refractivity contribution < 1.29 is 13.2 Å². The maximum Gasteiger partial charge on any atom is 0.416 e. The van der Waals surface area contributed by atoms with E-state index in [2.05, 4.69) is 119 Å². The third-order valence-corrected chi connectivity index (χ3v) is 12.1. The molecule has 4 nitrogen and oxygen atoms in total. The predicted octanol–water partition coefficient (Wildman–Crippen LogP) is 14.9. The second-order valence-corrected chi connectivity index (χ2v) is 16.2. The average Bonchev–Trinajstić information content (AvgIpc) is 3.77. The van der Waals surface area contributed by atoms with E-state index in [9.17, 15) is 23.7 Å². The summed E-state index contributed by atoms with van der Waals surface area (Å²) >= 11 is 0. The van der Waals surface area contributed by atoms with Crippen LogP contribution < -0.4 is 0 Å². The number of aromatic nitrogens is 2. The molecule has 62 heavy (non-hydrogen) atoms. The summed E-state index contributed by atoms with van der Waals surface area (Å²) in [5.41, 5.74) is 13.2. The Morgan fingerprint density at radius 1 is 0.435 bits per heavy atom. The van der Waals surface area contributed by atoms with E-state index in [1.54, 1.807) is 12.1 Å². The van der Waals surface area contributed by atoms with Gasteiger partial charge in [0.2, 0.25) is 0 Å². The molecule has 0 amide bonds. The zero-order valence-corrected chi connectivity index (χ0v) is 34.4. The quantitative estimate of drug-likeness (QED) is 0.174. The topological polar surface area (TPSA) is 57.4 Å². The number of halogens is 3. The summed E-state index contributed by atoms with van der Waals surface area (Å²) in [6.45, 7) is 8.36. The van der Waals surface area contributed by atoms with Crippen molar-refractivity contribution in [1.29, 1.82) is 10.5 Å². The number of rotatable bonds is 5. The monoisotopic (exact) mass is 810 g/mol. The Balaban J connectivity index is 1.31. The number of hydrogen-bond acceptors (Lipinski definition) is 2. The molecule has 0 spiro atoms. The highest BCUT2D eigenvalue weighted by Crippen LogP contribution is 2.43. The van der Waals surface area contributed by atoms with Gasteiger partial charge in [0.25, 0.3) is 0 Å². The highest BCUT2D eigenvalue weighted by molar-refractivity contribution is 6.12. The van der Waals surface area contributed by atoms with Crippen molar-refractivity contribution >= 4 is 43.6 Å². The molecule has 0 atom stereocenters. The minimum atomic E-state index is -4.69. The first-order chi connectivity index (χ1) is 29.9. The van der Waals surface area contributed by atoms with Gasteiger partial charge >= 0.3 is 6.18 Å². The van der Waals surface area contributed by atoms with Gasteiger partial charge in [-0.1, -0.05) is 96.1 Å². The molecule has 10 aromatic rings. The third kappa shape index (κ3) is 6.21. The van der Waals surface area contributed by atoms with E-state index < -0.39 is 11.7 Å². The smallest absolute Gasteiger partial charge is 0.308 e. The second kappa shape index (κ2) is 14.4. The van der Waals surface area contributed by atoms with Gasteiger partial charge < -0.3 is 9.13 Å². The van der Waals surface area contributed by atoms with Crippen molar-refractivity contribution in [2.24, 2.45) is 0 Å². The molecule has 0 radical (unpaired) electrons. The predicted molar refractivity (Wildman–Crippen MR) is 245 cm³/mol. The van der Waals surface area contributed by atoms with Gasteiger partial charge in [0.15, 0.2) is 0 Å². The van der Waals surface area contributed by atoms with E-state index in [1.807, 2.05) is 51.6 Å². The molecule has 0 fully saturated rings. The average molecular weight is 811 g/mol. The van der Waals surface area contributed by atoms with Crippen LogP contribution >= 0.6 is 0 Å². The normalized spacial score (nSPS) is 11.8. The zero-order chi connectivity index (χ0) is 43.0. The van der Waals surface area contributed by atoms with Crippen LogP contribution in [0.5, 0.6) is 0 Å². The number of benzene rings is 8. The van der Waals surface area contributed by atoms with E-state index in [1.165, 1.54) is 17.2 Å². The SMILES string of the molecule is Cc1ccc(-c2ccc3c(c2)c2ccccc2n3-c2cc(-c3cc(C#N)cc(C(F)(F)F)c3)cc(-n3c4ccccc4c4cc(-c5ccc(C)cc5C)ccc43)c2C#N)c(C)c1. The molecular formula is C55H37F3N4.